The highest BCUT2D eigenvalue weighted by Gasteiger charge is 2.48. The first-order valence-corrected chi connectivity index (χ1v) is 8.50. The van der Waals surface area contributed by atoms with E-state index in [4.69, 9.17) is 4.74 Å². The normalized spacial score (nSPS) is 23.0. The maximum absolute atomic E-state index is 12.8. The third kappa shape index (κ3) is 4.40. The molecule has 0 aliphatic carbocycles. The third-order valence-corrected chi connectivity index (χ3v) is 4.33. The van der Waals surface area contributed by atoms with Crippen molar-refractivity contribution >= 4 is 17.8 Å². The van der Waals surface area contributed by atoms with Crippen molar-refractivity contribution in [1.29, 1.82) is 0 Å². The average Bonchev–Trinajstić information content (AvgIpc) is 2.82. The number of ether oxygens (including phenoxy) is 1. The van der Waals surface area contributed by atoms with Crippen LogP contribution >= 0.6 is 0 Å². The summed E-state index contributed by atoms with van der Waals surface area (Å²) in [5.41, 5.74) is 0.381. The minimum atomic E-state index is -1.29. The van der Waals surface area contributed by atoms with E-state index in [1.54, 1.807) is 52.0 Å². The molecule has 2 N–H and O–H groups in total. The number of aryl methyl sites for hydroxylation is 1. The summed E-state index contributed by atoms with van der Waals surface area (Å²) in [5.74, 6) is -3.24. The molecule has 1 aromatic rings. The van der Waals surface area contributed by atoms with Gasteiger partial charge in [0.2, 0.25) is 0 Å². The van der Waals surface area contributed by atoms with Gasteiger partial charge in [-0.25, -0.2) is 4.79 Å². The Morgan fingerprint density at radius 1 is 1.23 bits per heavy atom. The Labute approximate surface area is 152 Å². The Kier molecular flexibility index (Phi) is 5.71. The van der Waals surface area contributed by atoms with Gasteiger partial charge in [0.25, 0.3) is 5.91 Å². The molecular weight excluding hydrogens is 338 g/mol. The lowest BCUT2D eigenvalue weighted by molar-refractivity contribution is -0.157. The van der Waals surface area contributed by atoms with Crippen molar-refractivity contribution in [2.45, 2.75) is 51.9 Å². The molecule has 1 amide bonds. The quantitative estimate of drug-likeness (QED) is 0.788. The van der Waals surface area contributed by atoms with E-state index in [2.05, 4.69) is 0 Å². The number of likely N-dealkylation sites (tertiary alicyclic amines) is 1. The van der Waals surface area contributed by atoms with Gasteiger partial charge in [-0.15, -0.1) is 0 Å². The molecule has 0 aromatic heterocycles. The van der Waals surface area contributed by atoms with Gasteiger partial charge in [-0.2, -0.15) is 0 Å². The molecule has 0 radical (unpaired) electrons. The predicted molar refractivity (Wildman–Crippen MR) is 93.6 cm³/mol. The number of esters is 1. The van der Waals surface area contributed by atoms with Gasteiger partial charge < -0.3 is 19.8 Å². The molecule has 1 aromatic carbocycles. The molecule has 3 atom stereocenters. The molecule has 7 nitrogen and oxygen atoms in total. The number of carbonyl (C=O) groups is 3. The molecular formula is C19H25NO6. The maximum Gasteiger partial charge on any atom is 0.326 e. The molecule has 2 rings (SSSR count). The summed E-state index contributed by atoms with van der Waals surface area (Å²) in [6.45, 7) is 6.74. The zero-order valence-electron chi connectivity index (χ0n) is 15.4. The SMILES string of the molecule is Cc1ccccc1C(=O)N1C[C@@H](O)[C@H](CC(=O)OC(C)(C)C)[C@H]1C(=O)O. The molecule has 1 fully saturated rings. The van der Waals surface area contributed by atoms with Crippen molar-refractivity contribution in [3.8, 4) is 0 Å². The number of carboxylic acids is 1. The van der Waals surface area contributed by atoms with Crippen molar-refractivity contribution in [2.24, 2.45) is 5.92 Å². The molecule has 1 aliphatic heterocycles. The number of hydrogen-bond donors (Lipinski definition) is 2. The summed E-state index contributed by atoms with van der Waals surface area (Å²) < 4.78 is 5.23. The molecule has 142 valence electrons. The van der Waals surface area contributed by atoms with Crippen LogP contribution in [0.2, 0.25) is 0 Å². The lowest BCUT2D eigenvalue weighted by atomic mass is 9.94. The number of hydrogen-bond acceptors (Lipinski definition) is 5. The Hall–Kier alpha value is -2.41. The van der Waals surface area contributed by atoms with Crippen molar-refractivity contribution in [2.75, 3.05) is 6.54 Å². The Morgan fingerprint density at radius 2 is 1.85 bits per heavy atom. The summed E-state index contributed by atoms with van der Waals surface area (Å²) in [4.78, 5) is 37.9. The second kappa shape index (κ2) is 7.45. The van der Waals surface area contributed by atoms with E-state index >= 15 is 0 Å². The summed E-state index contributed by atoms with van der Waals surface area (Å²) in [6.07, 6.45) is -1.39. The fourth-order valence-electron chi connectivity index (χ4n) is 3.21. The van der Waals surface area contributed by atoms with E-state index in [9.17, 15) is 24.6 Å². The monoisotopic (exact) mass is 363 g/mol. The molecule has 1 heterocycles. The number of benzene rings is 1. The van der Waals surface area contributed by atoms with Crippen LogP contribution in [0.25, 0.3) is 0 Å². The number of aliphatic carboxylic acids is 1. The van der Waals surface area contributed by atoms with E-state index < -0.39 is 41.5 Å². The van der Waals surface area contributed by atoms with Gasteiger partial charge in [-0.3, -0.25) is 9.59 Å². The number of amides is 1. The van der Waals surface area contributed by atoms with Crippen LogP contribution in [0.1, 0.15) is 43.1 Å². The number of nitrogens with zero attached hydrogens (tertiary/aromatic N) is 1. The Balaban J connectivity index is 2.25. The maximum atomic E-state index is 12.8. The topological polar surface area (TPSA) is 104 Å². The van der Waals surface area contributed by atoms with Crippen LogP contribution in [0.15, 0.2) is 24.3 Å². The third-order valence-electron chi connectivity index (χ3n) is 4.33. The van der Waals surface area contributed by atoms with Crippen LogP contribution in [0.4, 0.5) is 0 Å². The van der Waals surface area contributed by atoms with Gasteiger partial charge in [0, 0.05) is 18.0 Å². The molecule has 1 aliphatic rings. The molecule has 0 spiro atoms. The van der Waals surface area contributed by atoms with Crippen LogP contribution in [0, 0.1) is 12.8 Å². The summed E-state index contributed by atoms with van der Waals surface area (Å²) in [5, 5.41) is 20.0. The van der Waals surface area contributed by atoms with Crippen LogP contribution in [-0.2, 0) is 14.3 Å². The van der Waals surface area contributed by atoms with Crippen LogP contribution in [0.3, 0.4) is 0 Å². The highest BCUT2D eigenvalue weighted by Crippen LogP contribution is 2.31. The Morgan fingerprint density at radius 3 is 2.38 bits per heavy atom. The molecule has 7 heteroatoms. The van der Waals surface area contributed by atoms with E-state index in [0.29, 0.717) is 11.1 Å². The zero-order valence-corrected chi connectivity index (χ0v) is 15.4. The van der Waals surface area contributed by atoms with Crippen molar-refractivity contribution in [3.63, 3.8) is 0 Å². The fourth-order valence-corrected chi connectivity index (χ4v) is 3.21. The smallest absolute Gasteiger partial charge is 0.326 e. The van der Waals surface area contributed by atoms with Gasteiger partial charge in [-0.1, -0.05) is 18.2 Å². The second-order valence-corrected chi connectivity index (χ2v) is 7.58. The van der Waals surface area contributed by atoms with Gasteiger partial charge in [0.05, 0.1) is 12.5 Å². The molecule has 0 saturated carbocycles. The van der Waals surface area contributed by atoms with Crippen molar-refractivity contribution in [3.05, 3.63) is 35.4 Å². The van der Waals surface area contributed by atoms with Gasteiger partial charge in [0.15, 0.2) is 0 Å². The first-order valence-electron chi connectivity index (χ1n) is 8.50. The number of rotatable bonds is 4. The minimum absolute atomic E-state index is 0.141. The number of aliphatic hydroxyl groups is 1. The highest BCUT2D eigenvalue weighted by molar-refractivity contribution is 5.98. The summed E-state index contributed by atoms with van der Waals surface area (Å²) >= 11 is 0. The lowest BCUT2D eigenvalue weighted by Gasteiger charge is -2.26. The molecule has 1 saturated heterocycles. The summed E-state index contributed by atoms with van der Waals surface area (Å²) in [6, 6.07) is 5.56. The predicted octanol–water partition coefficient (Wildman–Crippen LogP) is 1.61. The molecule has 26 heavy (non-hydrogen) atoms. The van der Waals surface area contributed by atoms with Crippen molar-refractivity contribution in [1.82, 2.24) is 4.90 Å². The largest absolute Gasteiger partial charge is 0.480 e. The van der Waals surface area contributed by atoms with Gasteiger partial charge in [0.1, 0.15) is 11.6 Å². The number of carboxylic acid groups (broad SMARTS) is 1. The lowest BCUT2D eigenvalue weighted by Crippen LogP contribution is -2.44. The Bertz CT molecular complexity index is 708. The number of aliphatic hydroxyl groups excluding tert-OH is 1. The standard InChI is InChI=1S/C19H25NO6/c1-11-7-5-6-8-12(11)17(23)20-10-14(21)13(16(20)18(24)25)9-15(22)26-19(2,3)4/h5-8,13-14,16,21H,9-10H2,1-4H3,(H,24,25)/t13-,14+,16-/m0/s1. The average molecular weight is 363 g/mol. The molecule has 0 unspecified atom stereocenters. The zero-order chi connectivity index (χ0) is 19.6. The number of β-amino-alcohol motifs (C(OH)–C–C–N with tert-alkyl or cyclic N) is 1. The first-order chi connectivity index (χ1) is 12.0. The first kappa shape index (κ1) is 19.9. The molecule has 0 bridgehead atoms. The van der Waals surface area contributed by atoms with E-state index in [1.807, 2.05) is 0 Å². The second-order valence-electron chi connectivity index (χ2n) is 7.58. The van der Waals surface area contributed by atoms with Crippen molar-refractivity contribution < 1.29 is 29.3 Å². The highest BCUT2D eigenvalue weighted by atomic mass is 16.6. The van der Waals surface area contributed by atoms with Crippen LogP contribution < -0.4 is 0 Å². The number of carbonyl (C=O) groups excluding carboxylic acids is 2. The van der Waals surface area contributed by atoms with E-state index in [-0.39, 0.29) is 13.0 Å². The van der Waals surface area contributed by atoms with E-state index in [1.165, 1.54) is 0 Å². The van der Waals surface area contributed by atoms with Crippen LogP contribution in [-0.4, -0.2) is 57.3 Å². The summed E-state index contributed by atoms with van der Waals surface area (Å²) in [7, 11) is 0. The van der Waals surface area contributed by atoms with Crippen LogP contribution in [0.5, 0.6) is 0 Å². The van der Waals surface area contributed by atoms with E-state index in [0.717, 1.165) is 4.90 Å². The minimum Gasteiger partial charge on any atom is -0.480 e. The van der Waals surface area contributed by atoms with Gasteiger partial charge in [-0.05, 0) is 39.3 Å². The van der Waals surface area contributed by atoms with Gasteiger partial charge >= 0.3 is 11.9 Å². The fraction of sp³-hybridized carbons (Fsp3) is 0.526.